The zero-order valence-corrected chi connectivity index (χ0v) is 9.69. The van der Waals surface area contributed by atoms with E-state index in [1.165, 1.54) is 25.9 Å². The predicted molar refractivity (Wildman–Crippen MR) is 60.6 cm³/mol. The van der Waals surface area contributed by atoms with Gasteiger partial charge in [0.05, 0.1) is 12.0 Å². The first-order chi connectivity index (χ1) is 7.79. The summed E-state index contributed by atoms with van der Waals surface area (Å²) in [6.07, 6.45) is 4.11. The van der Waals surface area contributed by atoms with Gasteiger partial charge in [0.25, 0.3) is 0 Å². The Morgan fingerprint density at radius 2 is 2.06 bits per heavy atom. The molecular formula is C12H19N3O. The van der Waals surface area contributed by atoms with Crippen molar-refractivity contribution in [3.05, 3.63) is 0 Å². The van der Waals surface area contributed by atoms with E-state index in [0.717, 1.165) is 19.5 Å². The van der Waals surface area contributed by atoms with Crippen LogP contribution in [0.5, 0.6) is 0 Å². The van der Waals surface area contributed by atoms with Crippen molar-refractivity contribution in [3.8, 4) is 6.07 Å². The van der Waals surface area contributed by atoms with Gasteiger partial charge in [-0.05, 0) is 38.9 Å². The van der Waals surface area contributed by atoms with Crippen molar-refractivity contribution in [2.45, 2.75) is 25.7 Å². The number of likely N-dealkylation sites (tertiary alicyclic amines) is 2. The summed E-state index contributed by atoms with van der Waals surface area (Å²) in [6.45, 7) is 5.01. The first-order valence-corrected chi connectivity index (χ1v) is 6.19. The molecule has 4 heteroatoms. The van der Waals surface area contributed by atoms with Gasteiger partial charge in [-0.3, -0.25) is 4.79 Å². The zero-order valence-electron chi connectivity index (χ0n) is 9.69. The molecule has 2 fully saturated rings. The molecule has 2 aliphatic rings. The molecule has 16 heavy (non-hydrogen) atoms. The van der Waals surface area contributed by atoms with Crippen LogP contribution < -0.4 is 0 Å². The number of amides is 1. The summed E-state index contributed by atoms with van der Waals surface area (Å²) in [7, 11) is 0. The van der Waals surface area contributed by atoms with Gasteiger partial charge < -0.3 is 9.80 Å². The van der Waals surface area contributed by atoms with E-state index >= 15 is 0 Å². The van der Waals surface area contributed by atoms with E-state index in [0.29, 0.717) is 13.0 Å². The maximum Gasteiger partial charge on any atom is 0.224 e. The Balaban J connectivity index is 1.66. The highest BCUT2D eigenvalue weighted by atomic mass is 16.2. The van der Waals surface area contributed by atoms with Crippen LogP contribution in [0.2, 0.25) is 0 Å². The van der Waals surface area contributed by atoms with E-state index in [-0.39, 0.29) is 11.8 Å². The lowest BCUT2D eigenvalue weighted by Gasteiger charge is -2.19. The van der Waals surface area contributed by atoms with Crippen molar-refractivity contribution in [1.29, 1.82) is 5.26 Å². The maximum atomic E-state index is 11.5. The molecule has 0 N–H and O–H groups in total. The van der Waals surface area contributed by atoms with Crippen molar-refractivity contribution in [2.75, 3.05) is 32.7 Å². The quantitative estimate of drug-likeness (QED) is 0.707. The molecule has 0 bridgehead atoms. The fraction of sp³-hybridized carbons (Fsp3) is 0.833. The van der Waals surface area contributed by atoms with Crippen LogP contribution in [0.4, 0.5) is 0 Å². The van der Waals surface area contributed by atoms with E-state index in [2.05, 4.69) is 11.0 Å². The molecule has 0 aromatic rings. The fourth-order valence-corrected chi connectivity index (χ4v) is 2.57. The molecule has 0 aromatic carbocycles. The van der Waals surface area contributed by atoms with Crippen LogP contribution in [0.15, 0.2) is 0 Å². The molecule has 0 saturated carbocycles. The van der Waals surface area contributed by atoms with Crippen molar-refractivity contribution >= 4 is 5.91 Å². The lowest BCUT2D eigenvalue weighted by molar-refractivity contribution is -0.127. The van der Waals surface area contributed by atoms with Crippen LogP contribution in [0.1, 0.15) is 25.7 Å². The van der Waals surface area contributed by atoms with E-state index < -0.39 is 0 Å². The Morgan fingerprint density at radius 3 is 2.69 bits per heavy atom. The molecule has 1 unspecified atom stereocenters. The topological polar surface area (TPSA) is 47.3 Å². The molecular weight excluding hydrogens is 202 g/mol. The van der Waals surface area contributed by atoms with E-state index in [9.17, 15) is 4.79 Å². The number of rotatable bonds is 4. The van der Waals surface area contributed by atoms with Crippen LogP contribution in [0.3, 0.4) is 0 Å². The highest BCUT2D eigenvalue weighted by molar-refractivity contribution is 5.79. The Hall–Kier alpha value is -1.08. The summed E-state index contributed by atoms with van der Waals surface area (Å²) >= 11 is 0. The Kier molecular flexibility index (Phi) is 3.79. The third-order valence-corrected chi connectivity index (χ3v) is 3.50. The fourth-order valence-electron chi connectivity index (χ4n) is 2.57. The normalized spacial score (nSPS) is 26.3. The van der Waals surface area contributed by atoms with Gasteiger partial charge >= 0.3 is 0 Å². The van der Waals surface area contributed by atoms with Crippen LogP contribution in [-0.2, 0) is 4.79 Å². The minimum absolute atomic E-state index is 0.0701. The summed E-state index contributed by atoms with van der Waals surface area (Å²) in [5.41, 5.74) is 0. The Morgan fingerprint density at radius 1 is 1.31 bits per heavy atom. The summed E-state index contributed by atoms with van der Waals surface area (Å²) in [5, 5.41) is 8.76. The second-order valence-electron chi connectivity index (χ2n) is 4.77. The van der Waals surface area contributed by atoms with Crippen LogP contribution in [0.25, 0.3) is 0 Å². The second-order valence-corrected chi connectivity index (χ2v) is 4.77. The summed E-state index contributed by atoms with van der Waals surface area (Å²) in [6, 6.07) is 2.18. The molecule has 2 aliphatic heterocycles. The second kappa shape index (κ2) is 5.31. The van der Waals surface area contributed by atoms with Crippen molar-refractivity contribution in [1.82, 2.24) is 9.80 Å². The smallest absolute Gasteiger partial charge is 0.224 e. The maximum absolute atomic E-state index is 11.5. The van der Waals surface area contributed by atoms with E-state index in [1.807, 2.05) is 4.90 Å². The SMILES string of the molecule is N#CC1CC(=O)N(CCCN2CCCC2)C1. The Bertz CT molecular complexity index is 291. The predicted octanol–water partition coefficient (Wildman–Crippen LogP) is 0.844. The number of nitrogens with zero attached hydrogens (tertiary/aromatic N) is 3. The zero-order chi connectivity index (χ0) is 11.4. The van der Waals surface area contributed by atoms with Crippen LogP contribution in [0, 0.1) is 17.2 Å². The summed E-state index contributed by atoms with van der Waals surface area (Å²) in [5.74, 6) is 0.0901. The standard InChI is InChI=1S/C12H19N3O/c13-9-11-8-12(16)15(10-11)7-3-6-14-4-1-2-5-14/h11H,1-8,10H2. The molecule has 0 spiro atoms. The van der Waals surface area contributed by atoms with Gasteiger partial charge in [-0.15, -0.1) is 0 Å². The monoisotopic (exact) mass is 221 g/mol. The molecule has 2 heterocycles. The molecule has 0 radical (unpaired) electrons. The van der Waals surface area contributed by atoms with Crippen LogP contribution in [-0.4, -0.2) is 48.4 Å². The minimum Gasteiger partial charge on any atom is -0.341 e. The van der Waals surface area contributed by atoms with E-state index in [4.69, 9.17) is 5.26 Å². The lowest BCUT2D eigenvalue weighted by atomic mass is 10.1. The number of hydrogen-bond acceptors (Lipinski definition) is 3. The van der Waals surface area contributed by atoms with Crippen molar-refractivity contribution in [3.63, 3.8) is 0 Å². The first kappa shape index (κ1) is 11.4. The van der Waals surface area contributed by atoms with Gasteiger partial charge in [0.2, 0.25) is 5.91 Å². The minimum atomic E-state index is -0.0701. The summed E-state index contributed by atoms with van der Waals surface area (Å²) < 4.78 is 0. The van der Waals surface area contributed by atoms with Crippen molar-refractivity contribution < 1.29 is 4.79 Å². The first-order valence-electron chi connectivity index (χ1n) is 6.19. The molecule has 4 nitrogen and oxygen atoms in total. The van der Waals surface area contributed by atoms with Gasteiger partial charge in [0, 0.05) is 19.5 Å². The number of carbonyl (C=O) groups excluding carboxylic acids is 1. The Labute approximate surface area is 96.8 Å². The average molecular weight is 221 g/mol. The third-order valence-electron chi connectivity index (χ3n) is 3.50. The molecule has 0 aliphatic carbocycles. The molecule has 1 atom stereocenters. The third kappa shape index (κ3) is 2.73. The average Bonchev–Trinajstić information content (AvgIpc) is 2.89. The van der Waals surface area contributed by atoms with Gasteiger partial charge in [-0.25, -0.2) is 0 Å². The molecule has 1 amide bonds. The number of carbonyl (C=O) groups is 1. The highest BCUT2D eigenvalue weighted by Gasteiger charge is 2.28. The van der Waals surface area contributed by atoms with E-state index in [1.54, 1.807) is 0 Å². The number of hydrogen-bond donors (Lipinski definition) is 0. The molecule has 88 valence electrons. The van der Waals surface area contributed by atoms with Gasteiger partial charge in [0.1, 0.15) is 0 Å². The molecule has 2 saturated heterocycles. The molecule has 2 rings (SSSR count). The molecule has 0 aromatic heterocycles. The highest BCUT2D eigenvalue weighted by Crippen LogP contribution is 2.17. The lowest BCUT2D eigenvalue weighted by Crippen LogP contribution is -2.29. The summed E-state index contributed by atoms with van der Waals surface area (Å²) in [4.78, 5) is 15.8. The van der Waals surface area contributed by atoms with Gasteiger partial charge in [-0.2, -0.15) is 5.26 Å². The van der Waals surface area contributed by atoms with Crippen molar-refractivity contribution in [2.24, 2.45) is 5.92 Å². The van der Waals surface area contributed by atoms with Crippen LogP contribution >= 0.6 is 0 Å². The van der Waals surface area contributed by atoms with Gasteiger partial charge in [0.15, 0.2) is 0 Å². The van der Waals surface area contributed by atoms with Gasteiger partial charge in [-0.1, -0.05) is 0 Å². The largest absolute Gasteiger partial charge is 0.341 e. The number of nitriles is 1.